The number of carbonyl (C=O) groups excluding carboxylic acids is 1. The lowest BCUT2D eigenvalue weighted by Gasteiger charge is -2.44. The van der Waals surface area contributed by atoms with Crippen molar-refractivity contribution in [3.05, 3.63) is 23.5 Å². The maximum Gasteiger partial charge on any atom is 0.247 e. The van der Waals surface area contributed by atoms with Crippen LogP contribution in [0.2, 0.25) is 0 Å². The quantitative estimate of drug-likeness (QED) is 0.765. The van der Waals surface area contributed by atoms with E-state index in [1.54, 1.807) is 6.92 Å². The standard InChI is InChI=1S/C14H17FN2O/c1-8-4-3-5-17-12-6-9(2)10(15)7-11(12)16-14(18)13(8)17/h6-8,13H,3-5H2,1-2H3,(H,16,18). The van der Waals surface area contributed by atoms with Gasteiger partial charge >= 0.3 is 0 Å². The van der Waals surface area contributed by atoms with Gasteiger partial charge < -0.3 is 10.2 Å². The fourth-order valence-electron chi connectivity index (χ4n) is 3.07. The molecule has 1 aromatic rings. The highest BCUT2D eigenvalue weighted by Crippen LogP contribution is 2.39. The van der Waals surface area contributed by atoms with Crippen LogP contribution in [0, 0.1) is 18.7 Å². The van der Waals surface area contributed by atoms with E-state index in [9.17, 15) is 9.18 Å². The van der Waals surface area contributed by atoms with Crippen LogP contribution < -0.4 is 10.2 Å². The van der Waals surface area contributed by atoms with E-state index < -0.39 is 0 Å². The molecule has 96 valence electrons. The van der Waals surface area contributed by atoms with Crippen molar-refractivity contribution in [1.82, 2.24) is 0 Å². The molecule has 2 unspecified atom stereocenters. The number of piperidine rings is 1. The summed E-state index contributed by atoms with van der Waals surface area (Å²) in [4.78, 5) is 14.3. The van der Waals surface area contributed by atoms with Gasteiger partial charge in [0.15, 0.2) is 0 Å². The first-order chi connectivity index (χ1) is 8.58. The van der Waals surface area contributed by atoms with Gasteiger partial charge in [0.25, 0.3) is 0 Å². The van der Waals surface area contributed by atoms with Crippen LogP contribution in [0.5, 0.6) is 0 Å². The van der Waals surface area contributed by atoms with Crippen molar-refractivity contribution in [2.75, 3.05) is 16.8 Å². The van der Waals surface area contributed by atoms with Crippen LogP contribution in [0.15, 0.2) is 12.1 Å². The molecule has 2 atom stereocenters. The Kier molecular flexibility index (Phi) is 2.54. The third-order valence-corrected chi connectivity index (χ3v) is 4.05. The highest BCUT2D eigenvalue weighted by molar-refractivity contribution is 6.04. The molecule has 0 aromatic heterocycles. The Labute approximate surface area is 106 Å². The lowest BCUT2D eigenvalue weighted by molar-refractivity contribution is -0.119. The Hall–Kier alpha value is -1.58. The number of rotatable bonds is 0. The highest BCUT2D eigenvalue weighted by atomic mass is 19.1. The van der Waals surface area contributed by atoms with Gasteiger partial charge in [0.2, 0.25) is 5.91 Å². The zero-order chi connectivity index (χ0) is 12.9. The number of nitrogens with one attached hydrogen (secondary N) is 1. The van der Waals surface area contributed by atoms with Crippen LogP contribution in [-0.4, -0.2) is 18.5 Å². The second kappa shape index (κ2) is 3.97. The number of aryl methyl sites for hydroxylation is 1. The van der Waals surface area contributed by atoms with Gasteiger partial charge in [-0.2, -0.15) is 0 Å². The largest absolute Gasteiger partial charge is 0.358 e. The lowest BCUT2D eigenvalue weighted by atomic mass is 9.88. The zero-order valence-corrected chi connectivity index (χ0v) is 10.7. The summed E-state index contributed by atoms with van der Waals surface area (Å²) >= 11 is 0. The smallest absolute Gasteiger partial charge is 0.247 e. The van der Waals surface area contributed by atoms with Crippen molar-refractivity contribution in [3.8, 4) is 0 Å². The Morgan fingerprint density at radius 3 is 3.00 bits per heavy atom. The normalized spacial score (nSPS) is 26.4. The van der Waals surface area contributed by atoms with E-state index in [-0.39, 0.29) is 17.8 Å². The third-order valence-electron chi connectivity index (χ3n) is 4.05. The van der Waals surface area contributed by atoms with Gasteiger partial charge in [-0.25, -0.2) is 4.39 Å². The van der Waals surface area contributed by atoms with Gasteiger partial charge in [0.05, 0.1) is 11.4 Å². The Bertz CT molecular complexity index is 515. The average Bonchev–Trinajstić information content (AvgIpc) is 2.32. The van der Waals surface area contributed by atoms with Crippen LogP contribution in [-0.2, 0) is 4.79 Å². The molecule has 2 aliphatic heterocycles. The van der Waals surface area contributed by atoms with E-state index in [1.807, 2.05) is 6.07 Å². The van der Waals surface area contributed by atoms with Crippen LogP contribution in [0.25, 0.3) is 0 Å². The summed E-state index contributed by atoms with van der Waals surface area (Å²) in [5.74, 6) is 0.0766. The number of anilines is 2. The Morgan fingerprint density at radius 2 is 2.22 bits per heavy atom. The van der Waals surface area contributed by atoms with Gasteiger partial charge in [-0.05, 0) is 43.4 Å². The molecule has 2 aliphatic rings. The van der Waals surface area contributed by atoms with Crippen LogP contribution in [0.4, 0.5) is 15.8 Å². The number of carbonyl (C=O) groups is 1. The maximum atomic E-state index is 13.6. The van der Waals surface area contributed by atoms with Gasteiger partial charge in [-0.3, -0.25) is 4.79 Å². The number of hydrogen-bond donors (Lipinski definition) is 1. The molecule has 2 heterocycles. The molecule has 1 saturated heterocycles. The first-order valence-electron chi connectivity index (χ1n) is 6.45. The number of hydrogen-bond acceptors (Lipinski definition) is 2. The molecular weight excluding hydrogens is 231 g/mol. The average molecular weight is 248 g/mol. The summed E-state index contributed by atoms with van der Waals surface area (Å²) in [6, 6.07) is 3.17. The van der Waals surface area contributed by atoms with Gasteiger partial charge in [-0.1, -0.05) is 6.92 Å². The van der Waals surface area contributed by atoms with Crippen molar-refractivity contribution in [2.24, 2.45) is 5.92 Å². The van der Waals surface area contributed by atoms with Gasteiger partial charge in [0, 0.05) is 6.54 Å². The van der Waals surface area contributed by atoms with Crippen molar-refractivity contribution in [1.29, 1.82) is 0 Å². The second-order valence-electron chi connectivity index (χ2n) is 5.37. The topological polar surface area (TPSA) is 32.3 Å². The zero-order valence-electron chi connectivity index (χ0n) is 10.7. The first-order valence-corrected chi connectivity index (χ1v) is 6.45. The van der Waals surface area contributed by atoms with Crippen molar-refractivity contribution in [3.63, 3.8) is 0 Å². The third kappa shape index (κ3) is 1.59. The van der Waals surface area contributed by atoms with E-state index >= 15 is 0 Å². The van der Waals surface area contributed by atoms with E-state index in [1.165, 1.54) is 6.07 Å². The van der Waals surface area contributed by atoms with Crippen LogP contribution in [0.1, 0.15) is 25.3 Å². The summed E-state index contributed by atoms with van der Waals surface area (Å²) in [6.45, 7) is 4.74. The van der Waals surface area contributed by atoms with Crippen molar-refractivity contribution in [2.45, 2.75) is 32.7 Å². The number of benzene rings is 1. The second-order valence-corrected chi connectivity index (χ2v) is 5.37. The molecule has 0 bridgehead atoms. The minimum atomic E-state index is -0.266. The van der Waals surface area contributed by atoms with E-state index in [4.69, 9.17) is 0 Å². The molecule has 0 radical (unpaired) electrons. The molecular formula is C14H17FN2O. The molecule has 1 amide bonds. The van der Waals surface area contributed by atoms with Gasteiger partial charge in [0.1, 0.15) is 11.9 Å². The van der Waals surface area contributed by atoms with Crippen LogP contribution in [0.3, 0.4) is 0 Å². The molecule has 0 aliphatic carbocycles. The lowest BCUT2D eigenvalue weighted by Crippen LogP contribution is -2.54. The molecule has 18 heavy (non-hydrogen) atoms. The summed E-state index contributed by atoms with van der Waals surface area (Å²) < 4.78 is 13.6. The van der Waals surface area contributed by atoms with E-state index in [0.29, 0.717) is 17.2 Å². The monoisotopic (exact) mass is 248 g/mol. The maximum absolute atomic E-state index is 13.6. The molecule has 3 nitrogen and oxygen atoms in total. The summed E-state index contributed by atoms with van der Waals surface area (Å²) in [6.07, 6.45) is 2.16. The van der Waals surface area contributed by atoms with E-state index in [2.05, 4.69) is 17.1 Å². The van der Waals surface area contributed by atoms with E-state index in [0.717, 1.165) is 25.1 Å². The predicted molar refractivity (Wildman–Crippen MR) is 69.3 cm³/mol. The fraction of sp³-hybridized carbons (Fsp3) is 0.500. The Balaban J connectivity index is 2.10. The molecule has 1 fully saturated rings. The predicted octanol–water partition coefficient (Wildman–Crippen LogP) is 2.69. The molecule has 4 heteroatoms. The Morgan fingerprint density at radius 1 is 1.44 bits per heavy atom. The molecule has 3 rings (SSSR count). The summed E-state index contributed by atoms with van der Waals surface area (Å²) in [7, 11) is 0. The minimum absolute atomic E-state index is 0.00190. The highest BCUT2D eigenvalue weighted by Gasteiger charge is 2.39. The molecule has 1 aromatic carbocycles. The van der Waals surface area contributed by atoms with Crippen LogP contribution >= 0.6 is 0 Å². The molecule has 0 saturated carbocycles. The first kappa shape index (κ1) is 11.5. The molecule has 0 spiro atoms. The number of amides is 1. The summed E-state index contributed by atoms with van der Waals surface area (Å²) in [5.41, 5.74) is 2.19. The SMILES string of the molecule is Cc1cc2c(cc1F)NC(=O)C1C(C)CCCN21. The fourth-order valence-corrected chi connectivity index (χ4v) is 3.07. The molecule has 1 N–H and O–H groups in total. The number of nitrogens with zero attached hydrogens (tertiary/aromatic N) is 1. The van der Waals surface area contributed by atoms with Gasteiger partial charge in [-0.15, -0.1) is 0 Å². The number of halogens is 1. The van der Waals surface area contributed by atoms with Crippen molar-refractivity contribution < 1.29 is 9.18 Å². The minimum Gasteiger partial charge on any atom is -0.358 e. The summed E-state index contributed by atoms with van der Waals surface area (Å²) in [5, 5.41) is 2.84. The van der Waals surface area contributed by atoms with Crippen molar-refractivity contribution >= 4 is 17.3 Å². The number of fused-ring (bicyclic) bond motifs is 3.